The van der Waals surface area contributed by atoms with E-state index in [9.17, 15) is 14.7 Å². The topological polar surface area (TPSA) is 76.6 Å². The number of benzene rings is 2. The molecule has 2 N–H and O–H groups in total. The second-order valence-electron chi connectivity index (χ2n) is 7.85. The maximum absolute atomic E-state index is 12.8. The molecule has 6 nitrogen and oxygen atoms in total. The number of aromatic amines is 1. The summed E-state index contributed by atoms with van der Waals surface area (Å²) < 4.78 is 1.27. The summed E-state index contributed by atoms with van der Waals surface area (Å²) in [6.07, 6.45) is 1.29. The van der Waals surface area contributed by atoms with Gasteiger partial charge in [0.1, 0.15) is 5.69 Å². The standard InChI is InChI=1S/C24H23N3O3S/c28-23(9-8-16-15-31-22-7-2-1-4-17(16)22)27-12-10-26(11-13-27)21-6-3-5-19-18(21)14-20(25-19)24(29)30/h1-7,14-15,25H,8-13H2,(H,29,30). The summed E-state index contributed by atoms with van der Waals surface area (Å²) in [7, 11) is 0. The lowest BCUT2D eigenvalue weighted by molar-refractivity contribution is -0.131. The first kappa shape index (κ1) is 19.6. The Morgan fingerprint density at radius 2 is 1.81 bits per heavy atom. The van der Waals surface area contributed by atoms with E-state index in [1.165, 1.54) is 15.6 Å². The van der Waals surface area contributed by atoms with E-state index in [2.05, 4.69) is 27.4 Å². The third kappa shape index (κ3) is 3.77. The predicted molar refractivity (Wildman–Crippen MR) is 124 cm³/mol. The molecule has 0 bridgehead atoms. The molecular weight excluding hydrogens is 410 g/mol. The van der Waals surface area contributed by atoms with Gasteiger partial charge in [0, 0.05) is 53.9 Å². The molecule has 5 rings (SSSR count). The molecule has 3 heterocycles. The molecule has 7 heteroatoms. The number of hydrogen-bond donors (Lipinski definition) is 2. The summed E-state index contributed by atoms with van der Waals surface area (Å²) in [4.78, 5) is 31.2. The largest absolute Gasteiger partial charge is 0.477 e. The van der Waals surface area contributed by atoms with Crippen LogP contribution in [0, 0.1) is 0 Å². The molecule has 158 valence electrons. The van der Waals surface area contributed by atoms with Crippen LogP contribution in [0.25, 0.3) is 21.0 Å². The molecule has 1 saturated heterocycles. The van der Waals surface area contributed by atoms with Crippen molar-refractivity contribution in [3.8, 4) is 0 Å². The average Bonchev–Trinajstić information content (AvgIpc) is 3.42. The number of aryl methyl sites for hydroxylation is 1. The maximum atomic E-state index is 12.8. The zero-order valence-electron chi connectivity index (χ0n) is 17.0. The van der Waals surface area contributed by atoms with Crippen LogP contribution in [-0.4, -0.2) is 53.0 Å². The zero-order chi connectivity index (χ0) is 21.4. The summed E-state index contributed by atoms with van der Waals surface area (Å²) in [6.45, 7) is 2.82. The maximum Gasteiger partial charge on any atom is 0.352 e. The van der Waals surface area contributed by atoms with Crippen molar-refractivity contribution in [2.45, 2.75) is 12.8 Å². The Morgan fingerprint density at radius 1 is 1.00 bits per heavy atom. The number of thiophene rings is 1. The molecule has 1 amide bonds. The van der Waals surface area contributed by atoms with Crippen LogP contribution < -0.4 is 4.90 Å². The van der Waals surface area contributed by atoms with E-state index in [4.69, 9.17) is 0 Å². The third-order valence-electron chi connectivity index (χ3n) is 6.01. The van der Waals surface area contributed by atoms with Gasteiger partial charge in [-0.15, -0.1) is 11.3 Å². The molecule has 0 unspecified atom stereocenters. The molecule has 4 aromatic rings. The first-order valence-corrected chi connectivity index (χ1v) is 11.3. The molecule has 0 radical (unpaired) electrons. The lowest BCUT2D eigenvalue weighted by Crippen LogP contribution is -2.48. The minimum atomic E-state index is -0.962. The number of piperazine rings is 1. The van der Waals surface area contributed by atoms with Crippen LogP contribution in [0.1, 0.15) is 22.5 Å². The Balaban J connectivity index is 1.23. The minimum absolute atomic E-state index is 0.192. The first-order valence-electron chi connectivity index (χ1n) is 10.4. The van der Waals surface area contributed by atoms with E-state index in [0.717, 1.165) is 36.1 Å². The van der Waals surface area contributed by atoms with Crippen molar-refractivity contribution in [3.05, 3.63) is 65.2 Å². The Morgan fingerprint density at radius 3 is 2.61 bits per heavy atom. The SMILES string of the molecule is O=C(O)c1cc2c(N3CCN(C(=O)CCc4csc5ccccc45)CC3)cccc2[nH]1. The number of hydrogen-bond acceptors (Lipinski definition) is 4. The van der Waals surface area contributed by atoms with E-state index in [0.29, 0.717) is 19.5 Å². The zero-order valence-corrected chi connectivity index (χ0v) is 17.8. The van der Waals surface area contributed by atoms with Crippen LogP contribution in [0.3, 0.4) is 0 Å². The highest BCUT2D eigenvalue weighted by Gasteiger charge is 2.23. The molecule has 1 aliphatic heterocycles. The lowest BCUT2D eigenvalue weighted by Gasteiger charge is -2.36. The number of carboxylic acid groups (broad SMARTS) is 1. The van der Waals surface area contributed by atoms with E-state index in [1.54, 1.807) is 17.4 Å². The fraction of sp³-hybridized carbons (Fsp3) is 0.250. The number of aromatic carboxylic acids is 1. The highest BCUT2D eigenvalue weighted by atomic mass is 32.1. The first-order chi connectivity index (χ1) is 15.1. The molecule has 1 aliphatic rings. The molecule has 31 heavy (non-hydrogen) atoms. The number of anilines is 1. The van der Waals surface area contributed by atoms with Crippen LogP contribution in [0.15, 0.2) is 53.9 Å². The van der Waals surface area contributed by atoms with Gasteiger partial charge in [-0.25, -0.2) is 4.79 Å². The van der Waals surface area contributed by atoms with Crippen LogP contribution in [0.4, 0.5) is 5.69 Å². The van der Waals surface area contributed by atoms with Crippen molar-refractivity contribution >= 4 is 49.9 Å². The number of nitrogens with one attached hydrogen (secondary N) is 1. The number of carbonyl (C=O) groups excluding carboxylic acids is 1. The Hall–Kier alpha value is -3.32. The smallest absolute Gasteiger partial charge is 0.352 e. The minimum Gasteiger partial charge on any atom is -0.477 e. The van der Waals surface area contributed by atoms with Gasteiger partial charge < -0.3 is 19.9 Å². The van der Waals surface area contributed by atoms with Gasteiger partial charge in [0.25, 0.3) is 0 Å². The summed E-state index contributed by atoms with van der Waals surface area (Å²) in [6, 6.07) is 15.9. The van der Waals surface area contributed by atoms with Crippen LogP contribution in [0.2, 0.25) is 0 Å². The highest BCUT2D eigenvalue weighted by molar-refractivity contribution is 7.17. The highest BCUT2D eigenvalue weighted by Crippen LogP contribution is 2.29. The number of carbonyl (C=O) groups is 2. The predicted octanol–water partition coefficient (Wildman–Crippen LogP) is 4.36. The number of rotatable bonds is 5. The monoisotopic (exact) mass is 433 g/mol. The quantitative estimate of drug-likeness (QED) is 0.490. The van der Waals surface area contributed by atoms with Gasteiger partial charge in [-0.1, -0.05) is 24.3 Å². The number of aromatic nitrogens is 1. The molecule has 2 aromatic carbocycles. The van der Waals surface area contributed by atoms with Crippen molar-refractivity contribution in [1.29, 1.82) is 0 Å². The molecule has 2 aromatic heterocycles. The summed E-state index contributed by atoms with van der Waals surface area (Å²) in [5.41, 5.74) is 3.27. The molecular formula is C24H23N3O3S. The van der Waals surface area contributed by atoms with Gasteiger partial charge in [0.05, 0.1) is 0 Å². The van der Waals surface area contributed by atoms with E-state index in [1.807, 2.05) is 35.2 Å². The van der Waals surface area contributed by atoms with E-state index in [-0.39, 0.29) is 11.6 Å². The number of nitrogens with zero attached hydrogens (tertiary/aromatic N) is 2. The van der Waals surface area contributed by atoms with Crippen molar-refractivity contribution in [1.82, 2.24) is 9.88 Å². The summed E-state index contributed by atoms with van der Waals surface area (Å²) in [5.74, 6) is -0.765. The molecule has 0 spiro atoms. The van der Waals surface area contributed by atoms with Gasteiger partial charge in [-0.3, -0.25) is 4.79 Å². The number of carboxylic acids is 1. The van der Waals surface area contributed by atoms with Gasteiger partial charge in [0.15, 0.2) is 0 Å². The normalized spacial score (nSPS) is 14.5. The van der Waals surface area contributed by atoms with Gasteiger partial charge >= 0.3 is 5.97 Å². The van der Waals surface area contributed by atoms with Crippen LogP contribution in [-0.2, 0) is 11.2 Å². The van der Waals surface area contributed by atoms with Gasteiger partial charge in [-0.2, -0.15) is 0 Å². The van der Waals surface area contributed by atoms with Crippen LogP contribution in [0.5, 0.6) is 0 Å². The molecule has 1 fully saturated rings. The molecule has 0 saturated carbocycles. The van der Waals surface area contributed by atoms with Crippen molar-refractivity contribution in [2.24, 2.45) is 0 Å². The van der Waals surface area contributed by atoms with Crippen molar-refractivity contribution < 1.29 is 14.7 Å². The third-order valence-corrected chi connectivity index (χ3v) is 7.03. The fourth-order valence-electron chi connectivity index (χ4n) is 4.35. The second-order valence-corrected chi connectivity index (χ2v) is 8.76. The number of amides is 1. The summed E-state index contributed by atoms with van der Waals surface area (Å²) >= 11 is 1.73. The van der Waals surface area contributed by atoms with Crippen molar-refractivity contribution in [3.63, 3.8) is 0 Å². The van der Waals surface area contributed by atoms with E-state index < -0.39 is 5.97 Å². The summed E-state index contributed by atoms with van der Waals surface area (Å²) in [5, 5.41) is 13.6. The molecule has 0 atom stereocenters. The van der Waals surface area contributed by atoms with Gasteiger partial charge in [-0.05, 0) is 47.0 Å². The Bertz CT molecular complexity index is 1270. The van der Waals surface area contributed by atoms with E-state index >= 15 is 0 Å². The lowest BCUT2D eigenvalue weighted by atomic mass is 10.1. The average molecular weight is 434 g/mol. The second kappa shape index (κ2) is 8.07. The molecule has 0 aliphatic carbocycles. The Kier molecular flexibility index (Phi) is 5.11. The van der Waals surface area contributed by atoms with Crippen LogP contribution >= 0.6 is 11.3 Å². The van der Waals surface area contributed by atoms with Crippen molar-refractivity contribution in [2.75, 3.05) is 31.1 Å². The van der Waals surface area contributed by atoms with Gasteiger partial charge in [0.2, 0.25) is 5.91 Å². The number of H-pyrrole nitrogens is 1. The Labute approximate surface area is 183 Å². The number of fused-ring (bicyclic) bond motifs is 2. The fourth-order valence-corrected chi connectivity index (χ4v) is 5.35.